The number of ether oxygens (including phenoxy) is 6. The number of nitrogens with two attached hydrogens (primary N) is 1. The van der Waals surface area contributed by atoms with Crippen LogP contribution in [-0.4, -0.2) is 107 Å². The van der Waals surface area contributed by atoms with Gasteiger partial charge >= 0.3 is 23.9 Å². The highest BCUT2D eigenvalue weighted by atomic mass is 16.6. The third kappa shape index (κ3) is 22.8. The van der Waals surface area contributed by atoms with Crippen LogP contribution in [0.15, 0.2) is 6.20 Å². The van der Waals surface area contributed by atoms with Crippen molar-refractivity contribution in [2.45, 2.75) is 136 Å². The van der Waals surface area contributed by atoms with Gasteiger partial charge in [0.2, 0.25) is 0 Å². The van der Waals surface area contributed by atoms with Crippen molar-refractivity contribution < 1.29 is 47.6 Å². The van der Waals surface area contributed by atoms with E-state index >= 15 is 0 Å². The topological polar surface area (TPSA) is 204 Å². The summed E-state index contributed by atoms with van der Waals surface area (Å²) in [5, 5.41) is 13.5. The van der Waals surface area contributed by atoms with Crippen molar-refractivity contribution in [3.8, 4) is 0 Å². The summed E-state index contributed by atoms with van der Waals surface area (Å²) < 4.78 is 34.3. The summed E-state index contributed by atoms with van der Waals surface area (Å²) in [5.41, 5.74) is 3.71. The fourth-order valence-electron chi connectivity index (χ4n) is 4.09. The van der Waals surface area contributed by atoms with E-state index in [2.05, 4.69) is 20.9 Å². The zero-order valence-electron chi connectivity index (χ0n) is 30.9. The zero-order valence-corrected chi connectivity index (χ0v) is 30.9. The van der Waals surface area contributed by atoms with Crippen molar-refractivity contribution in [2.75, 3.05) is 39.6 Å². The molecule has 0 aliphatic heterocycles. The minimum atomic E-state index is -1.16. The maximum absolute atomic E-state index is 13.1. The van der Waals surface area contributed by atoms with Gasteiger partial charge < -0.3 is 44.8 Å². The van der Waals surface area contributed by atoms with Gasteiger partial charge in [0.1, 0.15) is 34.6 Å². The second kappa shape index (κ2) is 21.7. The molecule has 0 saturated carbocycles. The molecule has 0 bridgehead atoms. The summed E-state index contributed by atoms with van der Waals surface area (Å²) in [7, 11) is 0. The lowest BCUT2D eigenvalue weighted by Gasteiger charge is -2.27. The molecule has 16 heteroatoms. The van der Waals surface area contributed by atoms with Gasteiger partial charge in [0.15, 0.2) is 0 Å². The summed E-state index contributed by atoms with van der Waals surface area (Å²) in [4.78, 5) is 51.5. The Morgan fingerprint density at radius 3 is 1.78 bits per heavy atom. The molecule has 2 atom stereocenters. The van der Waals surface area contributed by atoms with E-state index in [9.17, 15) is 19.2 Å². The second-order valence-corrected chi connectivity index (χ2v) is 14.4. The van der Waals surface area contributed by atoms with E-state index in [0.29, 0.717) is 64.7 Å². The molecule has 1 unspecified atom stereocenters. The molecule has 0 saturated heterocycles. The number of unbranched alkanes of at least 4 members (excludes halogenated alkanes) is 1. The first kappa shape index (κ1) is 43.7. The number of rotatable bonds is 22. The number of nitrogens with one attached hydrogen (secondary N) is 2. The molecule has 1 heterocycles. The number of hydrogen-bond acceptors (Lipinski definition) is 13. The van der Waals surface area contributed by atoms with Crippen LogP contribution in [0.3, 0.4) is 0 Å². The van der Waals surface area contributed by atoms with E-state index in [1.165, 1.54) is 0 Å². The van der Waals surface area contributed by atoms with E-state index in [4.69, 9.17) is 34.2 Å². The number of amides is 2. The molecular weight excluding hydrogens is 640 g/mol. The van der Waals surface area contributed by atoms with E-state index in [-0.39, 0.29) is 25.9 Å². The summed E-state index contributed by atoms with van der Waals surface area (Å²) in [5.74, 6) is -1.85. The molecule has 1 aromatic heterocycles. The first-order valence-corrected chi connectivity index (χ1v) is 16.8. The molecule has 2 amide bonds. The van der Waals surface area contributed by atoms with Gasteiger partial charge in [-0.25, -0.2) is 14.4 Å². The highest BCUT2D eigenvalue weighted by molar-refractivity contribution is 5.87. The Morgan fingerprint density at radius 1 is 0.735 bits per heavy atom. The molecule has 0 aromatic carbocycles. The van der Waals surface area contributed by atoms with E-state index in [1.54, 1.807) is 73.2 Å². The molecule has 282 valence electrons. The molecular formula is C33H60N6O10. The maximum Gasteiger partial charge on any atom is 0.329 e. The number of aryl methyl sites for hydroxylation is 1. The third-order valence-corrected chi connectivity index (χ3v) is 6.02. The first-order chi connectivity index (χ1) is 22.8. The molecule has 1 aromatic rings. The Balaban J connectivity index is 2.71. The van der Waals surface area contributed by atoms with Crippen molar-refractivity contribution in [1.29, 1.82) is 0 Å². The van der Waals surface area contributed by atoms with Gasteiger partial charge in [-0.1, -0.05) is 5.21 Å². The lowest BCUT2D eigenvalue weighted by Crippen LogP contribution is -2.53. The van der Waals surface area contributed by atoms with Gasteiger partial charge in [0, 0.05) is 19.5 Å². The number of esters is 3. The van der Waals surface area contributed by atoms with Gasteiger partial charge in [0.05, 0.1) is 45.8 Å². The fourth-order valence-corrected chi connectivity index (χ4v) is 4.09. The van der Waals surface area contributed by atoms with Crippen molar-refractivity contribution >= 4 is 23.9 Å². The molecule has 4 N–H and O–H groups in total. The summed E-state index contributed by atoms with van der Waals surface area (Å²) in [6.45, 7) is 19.1. The second-order valence-electron chi connectivity index (χ2n) is 14.4. The Hall–Kier alpha value is -3.34. The van der Waals surface area contributed by atoms with Gasteiger partial charge in [-0.05, 0) is 88.0 Å². The smallest absolute Gasteiger partial charge is 0.329 e. The maximum atomic E-state index is 13.1. The average Bonchev–Trinajstić information content (AvgIpc) is 3.40. The normalized spacial score (nSPS) is 13.3. The van der Waals surface area contributed by atoms with Crippen LogP contribution in [0.2, 0.25) is 0 Å². The average molecular weight is 701 g/mol. The fraction of sp³-hybridized carbons (Fsp3) is 0.818. The molecule has 0 fully saturated rings. The molecule has 0 spiro atoms. The van der Waals surface area contributed by atoms with E-state index in [1.807, 2.05) is 0 Å². The van der Waals surface area contributed by atoms with Gasteiger partial charge in [-0.2, -0.15) is 0 Å². The molecule has 16 nitrogen and oxygen atoms in total. The minimum Gasteiger partial charge on any atom is -0.460 e. The summed E-state index contributed by atoms with van der Waals surface area (Å²) >= 11 is 0. The predicted octanol–water partition coefficient (Wildman–Crippen LogP) is 2.80. The number of nitrogens with zero attached hydrogens (tertiary/aromatic N) is 3. The van der Waals surface area contributed by atoms with Gasteiger partial charge in [-0.15, -0.1) is 5.10 Å². The van der Waals surface area contributed by atoms with Crippen molar-refractivity contribution in [3.05, 3.63) is 11.9 Å². The molecule has 1 rings (SSSR count). The lowest BCUT2D eigenvalue weighted by molar-refractivity contribution is -0.159. The third-order valence-electron chi connectivity index (χ3n) is 6.02. The van der Waals surface area contributed by atoms with Gasteiger partial charge in [-0.3, -0.25) is 9.48 Å². The van der Waals surface area contributed by atoms with Crippen molar-refractivity contribution in [3.63, 3.8) is 0 Å². The SMILES string of the molecule is CC(C)(C)OC(=O)CC[C@H](NC(=O)NC(CCCCn1cc(COCCOCCOCCN)nn1)C(=O)OC(C)(C)C)C(=O)OC(C)(C)C. The number of urea groups is 1. The largest absolute Gasteiger partial charge is 0.460 e. The van der Waals surface area contributed by atoms with Gasteiger partial charge in [0.25, 0.3) is 0 Å². The van der Waals surface area contributed by atoms with Crippen LogP contribution in [0, 0.1) is 0 Å². The Labute approximate surface area is 290 Å². The standard InChI is InChI=1S/C33H60N6O10/c1-31(2,3)47-27(40)14-13-26(29(42)49-33(7,8)9)36-30(43)35-25(28(41)48-32(4,5)6)12-10-11-16-39-22-24(37-38-39)23-46-21-20-45-19-18-44-17-15-34/h22,25-26H,10-21,23,34H2,1-9H3,(H2,35,36,43)/t25?,26-/m0/s1. The molecule has 0 aliphatic rings. The highest BCUT2D eigenvalue weighted by Crippen LogP contribution is 2.15. The first-order valence-electron chi connectivity index (χ1n) is 16.8. The van der Waals surface area contributed by atoms with Crippen molar-refractivity contribution in [2.24, 2.45) is 5.73 Å². The van der Waals surface area contributed by atoms with Crippen LogP contribution < -0.4 is 16.4 Å². The molecule has 0 aliphatic carbocycles. The van der Waals surface area contributed by atoms with Crippen LogP contribution in [0.4, 0.5) is 4.79 Å². The summed E-state index contributed by atoms with van der Waals surface area (Å²) in [6, 6.07) is -2.94. The van der Waals surface area contributed by atoms with E-state index in [0.717, 1.165) is 0 Å². The van der Waals surface area contributed by atoms with Crippen LogP contribution in [0.5, 0.6) is 0 Å². The Kier molecular flexibility index (Phi) is 19.3. The zero-order chi connectivity index (χ0) is 37.1. The monoisotopic (exact) mass is 700 g/mol. The predicted molar refractivity (Wildman–Crippen MR) is 180 cm³/mol. The number of carbonyl (C=O) groups is 4. The Bertz CT molecular complexity index is 1140. The molecule has 49 heavy (non-hydrogen) atoms. The highest BCUT2D eigenvalue weighted by Gasteiger charge is 2.31. The minimum absolute atomic E-state index is 0.0574. The quantitative estimate of drug-likeness (QED) is 0.0906. The number of hydrogen-bond donors (Lipinski definition) is 3. The van der Waals surface area contributed by atoms with Crippen LogP contribution in [-0.2, 0) is 56.0 Å². The summed E-state index contributed by atoms with van der Waals surface area (Å²) in [6.07, 6.45) is 3.02. The number of aromatic nitrogens is 3. The number of carbonyl (C=O) groups excluding carboxylic acids is 4. The van der Waals surface area contributed by atoms with Crippen LogP contribution in [0.1, 0.15) is 100 Å². The lowest BCUT2D eigenvalue weighted by atomic mass is 10.1. The van der Waals surface area contributed by atoms with E-state index < -0.39 is 52.8 Å². The Morgan fingerprint density at radius 2 is 1.24 bits per heavy atom. The van der Waals surface area contributed by atoms with Crippen molar-refractivity contribution in [1.82, 2.24) is 25.6 Å². The van der Waals surface area contributed by atoms with Crippen LogP contribution in [0.25, 0.3) is 0 Å². The molecule has 0 radical (unpaired) electrons. The van der Waals surface area contributed by atoms with Crippen LogP contribution >= 0.6 is 0 Å².